The molecule has 0 radical (unpaired) electrons. The number of rotatable bonds is 1. The average molecular weight is 176 g/mol. The summed E-state index contributed by atoms with van der Waals surface area (Å²) in [4.78, 5) is 11.1. The largest absolute Gasteiger partial charge is 0.466 e. The van der Waals surface area contributed by atoms with Crippen LogP contribution in [0, 0.1) is 11.8 Å². The highest BCUT2D eigenvalue weighted by molar-refractivity contribution is 5.89. The second kappa shape index (κ2) is 4.51. The fraction of sp³-hybridized carbons (Fsp3) is 0.364. The Kier molecular flexibility index (Phi) is 3.33. The first-order chi connectivity index (χ1) is 6.27. The molecule has 0 aromatic rings. The minimum absolute atomic E-state index is 0.236. The lowest BCUT2D eigenvalue weighted by molar-refractivity contribution is -0.136. The van der Waals surface area contributed by atoms with E-state index in [4.69, 9.17) is 0 Å². The molecular weight excluding hydrogens is 164 g/mol. The molecule has 0 heterocycles. The molecule has 1 rings (SSSR count). The van der Waals surface area contributed by atoms with Crippen molar-refractivity contribution in [3.8, 4) is 11.8 Å². The Labute approximate surface area is 78.3 Å². The Bertz CT molecular complexity index is 324. The van der Waals surface area contributed by atoms with E-state index < -0.39 is 0 Å². The molecule has 13 heavy (non-hydrogen) atoms. The van der Waals surface area contributed by atoms with E-state index in [0.29, 0.717) is 0 Å². The van der Waals surface area contributed by atoms with Crippen LogP contribution in [0.2, 0.25) is 0 Å². The van der Waals surface area contributed by atoms with Crippen molar-refractivity contribution in [3.05, 3.63) is 23.3 Å². The van der Waals surface area contributed by atoms with Gasteiger partial charge in [-0.2, -0.15) is 0 Å². The number of allylic oxidation sites excluding steroid dienone is 3. The minimum Gasteiger partial charge on any atom is -0.466 e. The molecule has 1 aliphatic carbocycles. The Morgan fingerprint density at radius 2 is 2.23 bits per heavy atom. The Balaban J connectivity index is 2.74. The zero-order valence-corrected chi connectivity index (χ0v) is 7.89. The van der Waals surface area contributed by atoms with E-state index in [1.165, 1.54) is 7.11 Å². The second-order valence-electron chi connectivity index (χ2n) is 2.75. The van der Waals surface area contributed by atoms with E-state index in [9.17, 15) is 4.79 Å². The molecule has 68 valence electrons. The standard InChI is InChI=1S/C11H12O2/c1-3-4-9-5-7-10(8-6-9)11(12)13-2/h5,7H,6,8H2,1-2H3. The third-order valence-corrected chi connectivity index (χ3v) is 1.88. The molecule has 0 aromatic heterocycles. The van der Waals surface area contributed by atoms with Crippen LogP contribution in [0.15, 0.2) is 23.3 Å². The second-order valence-corrected chi connectivity index (χ2v) is 2.75. The van der Waals surface area contributed by atoms with E-state index in [1.807, 2.05) is 6.08 Å². The summed E-state index contributed by atoms with van der Waals surface area (Å²) in [7, 11) is 1.40. The summed E-state index contributed by atoms with van der Waals surface area (Å²) in [6, 6.07) is 0. The zero-order valence-electron chi connectivity index (χ0n) is 7.89. The first-order valence-corrected chi connectivity index (χ1v) is 4.18. The fourth-order valence-electron chi connectivity index (χ4n) is 1.20. The summed E-state index contributed by atoms with van der Waals surface area (Å²) < 4.78 is 4.61. The SMILES string of the molecule is CC#CC1=CC=C(C(=O)OC)CC1. The number of carbonyl (C=O) groups excluding carboxylic acids is 1. The summed E-state index contributed by atoms with van der Waals surface area (Å²) in [5, 5.41) is 0. The highest BCUT2D eigenvalue weighted by atomic mass is 16.5. The summed E-state index contributed by atoms with van der Waals surface area (Å²) in [6.07, 6.45) is 5.23. The monoisotopic (exact) mass is 176 g/mol. The van der Waals surface area contributed by atoms with Crippen molar-refractivity contribution >= 4 is 5.97 Å². The summed E-state index contributed by atoms with van der Waals surface area (Å²) in [5.74, 6) is 5.57. The molecule has 0 unspecified atom stereocenters. The minimum atomic E-state index is -0.236. The molecule has 1 aliphatic rings. The Hall–Kier alpha value is -1.49. The van der Waals surface area contributed by atoms with Gasteiger partial charge in [0.1, 0.15) is 0 Å². The predicted molar refractivity (Wildman–Crippen MR) is 50.9 cm³/mol. The van der Waals surface area contributed by atoms with Crippen molar-refractivity contribution in [2.24, 2.45) is 0 Å². The highest BCUT2D eigenvalue weighted by Crippen LogP contribution is 2.18. The van der Waals surface area contributed by atoms with Gasteiger partial charge >= 0.3 is 5.97 Å². The molecule has 0 saturated heterocycles. The van der Waals surface area contributed by atoms with E-state index in [2.05, 4.69) is 16.6 Å². The van der Waals surface area contributed by atoms with Crippen LogP contribution in [-0.4, -0.2) is 13.1 Å². The van der Waals surface area contributed by atoms with E-state index >= 15 is 0 Å². The normalized spacial score (nSPS) is 14.9. The van der Waals surface area contributed by atoms with Gasteiger partial charge in [-0.1, -0.05) is 18.1 Å². The lowest BCUT2D eigenvalue weighted by Crippen LogP contribution is -2.06. The van der Waals surface area contributed by atoms with Crippen molar-refractivity contribution in [2.45, 2.75) is 19.8 Å². The number of ether oxygens (including phenoxy) is 1. The lowest BCUT2D eigenvalue weighted by Gasteiger charge is -2.08. The van der Waals surface area contributed by atoms with Crippen LogP contribution in [0.3, 0.4) is 0 Å². The number of methoxy groups -OCH3 is 1. The van der Waals surface area contributed by atoms with Gasteiger partial charge in [0.2, 0.25) is 0 Å². The molecule has 0 aliphatic heterocycles. The third kappa shape index (κ3) is 2.48. The molecule has 0 N–H and O–H groups in total. The van der Waals surface area contributed by atoms with Gasteiger partial charge in [0.05, 0.1) is 7.11 Å². The quantitative estimate of drug-likeness (QED) is 0.450. The molecule has 0 spiro atoms. The van der Waals surface area contributed by atoms with Crippen molar-refractivity contribution in [1.29, 1.82) is 0 Å². The zero-order chi connectivity index (χ0) is 9.68. The third-order valence-electron chi connectivity index (χ3n) is 1.88. The number of hydrogen-bond acceptors (Lipinski definition) is 2. The van der Waals surface area contributed by atoms with Gasteiger partial charge in [0, 0.05) is 11.1 Å². The fourth-order valence-corrected chi connectivity index (χ4v) is 1.20. The molecule has 0 bridgehead atoms. The van der Waals surface area contributed by atoms with Crippen LogP contribution in [0.4, 0.5) is 0 Å². The molecule has 0 saturated carbocycles. The summed E-state index contributed by atoms with van der Waals surface area (Å²) >= 11 is 0. The van der Waals surface area contributed by atoms with Gasteiger partial charge in [-0.3, -0.25) is 0 Å². The molecular formula is C11H12O2. The average Bonchev–Trinajstić information content (AvgIpc) is 2.18. The molecule has 2 nitrogen and oxygen atoms in total. The first-order valence-electron chi connectivity index (χ1n) is 4.18. The van der Waals surface area contributed by atoms with E-state index in [1.54, 1.807) is 13.0 Å². The van der Waals surface area contributed by atoms with Gasteiger partial charge in [0.15, 0.2) is 0 Å². The summed E-state index contributed by atoms with van der Waals surface area (Å²) in [5.41, 5.74) is 1.80. The van der Waals surface area contributed by atoms with Gasteiger partial charge < -0.3 is 4.74 Å². The van der Waals surface area contributed by atoms with Crippen molar-refractivity contribution in [3.63, 3.8) is 0 Å². The van der Waals surface area contributed by atoms with Crippen molar-refractivity contribution in [2.75, 3.05) is 7.11 Å². The van der Waals surface area contributed by atoms with Crippen molar-refractivity contribution < 1.29 is 9.53 Å². The number of hydrogen-bond donors (Lipinski definition) is 0. The Morgan fingerprint density at radius 3 is 2.69 bits per heavy atom. The predicted octanol–water partition coefficient (Wildman–Crippen LogP) is 1.83. The van der Waals surface area contributed by atoms with Gasteiger partial charge in [-0.05, 0) is 19.8 Å². The molecule has 2 heteroatoms. The maximum atomic E-state index is 11.1. The lowest BCUT2D eigenvalue weighted by atomic mass is 9.99. The van der Waals surface area contributed by atoms with Gasteiger partial charge in [-0.15, -0.1) is 5.92 Å². The van der Waals surface area contributed by atoms with Crippen molar-refractivity contribution in [1.82, 2.24) is 0 Å². The van der Waals surface area contributed by atoms with E-state index in [0.717, 1.165) is 24.0 Å². The first kappa shape index (κ1) is 9.60. The molecule has 0 atom stereocenters. The molecule has 0 amide bonds. The van der Waals surface area contributed by atoms with Crippen LogP contribution in [-0.2, 0) is 9.53 Å². The highest BCUT2D eigenvalue weighted by Gasteiger charge is 2.12. The summed E-state index contributed by atoms with van der Waals surface area (Å²) in [6.45, 7) is 1.81. The van der Waals surface area contributed by atoms with E-state index in [-0.39, 0.29) is 5.97 Å². The van der Waals surface area contributed by atoms with Crippen LogP contribution < -0.4 is 0 Å². The molecule has 0 fully saturated rings. The molecule has 0 aromatic carbocycles. The Morgan fingerprint density at radius 1 is 1.46 bits per heavy atom. The number of esters is 1. The van der Waals surface area contributed by atoms with Crippen LogP contribution >= 0.6 is 0 Å². The van der Waals surface area contributed by atoms with Crippen LogP contribution in [0.5, 0.6) is 0 Å². The smallest absolute Gasteiger partial charge is 0.333 e. The van der Waals surface area contributed by atoms with Crippen LogP contribution in [0.1, 0.15) is 19.8 Å². The van der Waals surface area contributed by atoms with Crippen LogP contribution in [0.25, 0.3) is 0 Å². The number of carbonyl (C=O) groups is 1. The maximum absolute atomic E-state index is 11.1. The maximum Gasteiger partial charge on any atom is 0.333 e. The van der Waals surface area contributed by atoms with Gasteiger partial charge in [-0.25, -0.2) is 4.79 Å². The van der Waals surface area contributed by atoms with Gasteiger partial charge in [0.25, 0.3) is 0 Å². The topological polar surface area (TPSA) is 26.3 Å².